The highest BCUT2D eigenvalue weighted by Crippen LogP contribution is 2.20. The summed E-state index contributed by atoms with van der Waals surface area (Å²) in [5.41, 5.74) is 1.91. The fourth-order valence-electron chi connectivity index (χ4n) is 3.75. The second kappa shape index (κ2) is 8.10. The third-order valence-electron chi connectivity index (χ3n) is 5.22. The van der Waals surface area contributed by atoms with E-state index in [9.17, 15) is 14.0 Å². The molecule has 0 aliphatic heterocycles. The molecule has 0 bridgehead atoms. The summed E-state index contributed by atoms with van der Waals surface area (Å²) in [4.78, 5) is 25.4. The zero-order valence-corrected chi connectivity index (χ0v) is 16.9. The standard InChI is InChI=1S/C23H23FN4O2/c1-15(8-9-17-6-4-3-5-7-17)25-22(29)14-27-23(30)21-13-18-12-19(24)10-11-20(18)28(21)16(2)26-27/h3-7,10-13,15H,8-9,14H2,1-2H3,(H,25,29)/t15-/m0/s1. The average Bonchev–Trinajstić information content (AvgIpc) is 3.10. The van der Waals surface area contributed by atoms with E-state index >= 15 is 0 Å². The first-order valence-electron chi connectivity index (χ1n) is 9.94. The summed E-state index contributed by atoms with van der Waals surface area (Å²) >= 11 is 0. The van der Waals surface area contributed by atoms with E-state index in [0.29, 0.717) is 22.2 Å². The maximum Gasteiger partial charge on any atom is 0.291 e. The molecule has 0 saturated carbocycles. The molecule has 0 aliphatic carbocycles. The number of aromatic nitrogens is 3. The molecular weight excluding hydrogens is 383 g/mol. The lowest BCUT2D eigenvalue weighted by Gasteiger charge is -2.15. The number of hydrogen-bond acceptors (Lipinski definition) is 3. The number of hydrogen-bond donors (Lipinski definition) is 1. The summed E-state index contributed by atoms with van der Waals surface area (Å²) in [6, 6.07) is 16.0. The minimum absolute atomic E-state index is 0.0305. The van der Waals surface area contributed by atoms with E-state index in [1.807, 2.05) is 25.1 Å². The highest BCUT2D eigenvalue weighted by Gasteiger charge is 2.15. The molecule has 154 valence electrons. The van der Waals surface area contributed by atoms with Crippen molar-refractivity contribution in [3.8, 4) is 0 Å². The lowest BCUT2D eigenvalue weighted by molar-refractivity contribution is -0.122. The molecule has 6 nitrogen and oxygen atoms in total. The van der Waals surface area contributed by atoms with E-state index < -0.39 is 0 Å². The third-order valence-corrected chi connectivity index (χ3v) is 5.22. The number of nitrogens with zero attached hydrogens (tertiary/aromatic N) is 3. The van der Waals surface area contributed by atoms with Gasteiger partial charge in [0.25, 0.3) is 5.56 Å². The molecule has 0 radical (unpaired) electrons. The molecule has 2 aromatic heterocycles. The zero-order valence-electron chi connectivity index (χ0n) is 16.9. The van der Waals surface area contributed by atoms with Gasteiger partial charge in [-0.05, 0) is 56.5 Å². The summed E-state index contributed by atoms with van der Waals surface area (Å²) in [5, 5.41) is 7.85. The van der Waals surface area contributed by atoms with Gasteiger partial charge in [0.1, 0.15) is 23.7 Å². The Labute approximate surface area is 172 Å². The van der Waals surface area contributed by atoms with Crippen LogP contribution in [0.1, 0.15) is 24.7 Å². The Morgan fingerprint density at radius 2 is 1.90 bits per heavy atom. The van der Waals surface area contributed by atoms with Crippen LogP contribution in [0.25, 0.3) is 16.4 Å². The predicted octanol–water partition coefficient (Wildman–Crippen LogP) is 3.23. The molecule has 2 heterocycles. The van der Waals surface area contributed by atoms with Crippen molar-refractivity contribution in [3.05, 3.63) is 82.2 Å². The first-order valence-corrected chi connectivity index (χ1v) is 9.94. The Morgan fingerprint density at radius 1 is 1.13 bits per heavy atom. The van der Waals surface area contributed by atoms with Gasteiger partial charge >= 0.3 is 0 Å². The summed E-state index contributed by atoms with van der Waals surface area (Å²) in [5.74, 6) is -0.0830. The van der Waals surface area contributed by atoms with Gasteiger partial charge in [-0.2, -0.15) is 5.10 Å². The van der Waals surface area contributed by atoms with Gasteiger partial charge in [0.05, 0.1) is 5.52 Å². The van der Waals surface area contributed by atoms with Crippen LogP contribution in [-0.2, 0) is 17.8 Å². The van der Waals surface area contributed by atoms with Crippen molar-refractivity contribution in [2.75, 3.05) is 0 Å². The van der Waals surface area contributed by atoms with Crippen molar-refractivity contribution in [1.29, 1.82) is 0 Å². The smallest absolute Gasteiger partial charge is 0.291 e. The molecule has 30 heavy (non-hydrogen) atoms. The minimum Gasteiger partial charge on any atom is -0.352 e. The Balaban J connectivity index is 1.50. The summed E-state index contributed by atoms with van der Waals surface area (Å²) in [7, 11) is 0. The first-order chi connectivity index (χ1) is 14.4. The van der Waals surface area contributed by atoms with E-state index in [0.717, 1.165) is 12.8 Å². The number of nitrogens with one attached hydrogen (secondary N) is 1. The van der Waals surface area contributed by atoms with Crippen LogP contribution in [0.4, 0.5) is 4.39 Å². The lowest BCUT2D eigenvalue weighted by atomic mass is 10.1. The molecule has 0 spiro atoms. The van der Waals surface area contributed by atoms with Crippen LogP contribution < -0.4 is 10.9 Å². The van der Waals surface area contributed by atoms with E-state index in [-0.39, 0.29) is 29.9 Å². The van der Waals surface area contributed by atoms with Crippen LogP contribution in [0, 0.1) is 12.7 Å². The topological polar surface area (TPSA) is 68.4 Å². The summed E-state index contributed by atoms with van der Waals surface area (Å²) in [6.45, 7) is 3.54. The molecule has 0 fully saturated rings. The number of amides is 1. The predicted molar refractivity (Wildman–Crippen MR) is 114 cm³/mol. The van der Waals surface area contributed by atoms with Gasteiger partial charge < -0.3 is 5.32 Å². The number of aryl methyl sites for hydroxylation is 2. The number of carbonyl (C=O) groups excluding carboxylic acids is 1. The third kappa shape index (κ3) is 3.96. The second-order valence-electron chi connectivity index (χ2n) is 7.57. The Hall–Kier alpha value is -3.48. The average molecular weight is 406 g/mol. The highest BCUT2D eigenvalue weighted by atomic mass is 19.1. The molecule has 0 saturated heterocycles. The van der Waals surface area contributed by atoms with E-state index in [4.69, 9.17) is 0 Å². The maximum absolute atomic E-state index is 13.5. The van der Waals surface area contributed by atoms with Crippen molar-refractivity contribution in [2.24, 2.45) is 0 Å². The Bertz CT molecular complexity index is 1280. The number of fused-ring (bicyclic) bond motifs is 3. The summed E-state index contributed by atoms with van der Waals surface area (Å²) in [6.07, 6.45) is 1.66. The van der Waals surface area contributed by atoms with Gasteiger partial charge in [-0.15, -0.1) is 0 Å². The quantitative estimate of drug-likeness (QED) is 0.535. The normalized spacial score (nSPS) is 12.4. The number of benzene rings is 2. The van der Waals surface area contributed by atoms with Crippen molar-refractivity contribution < 1.29 is 9.18 Å². The van der Waals surface area contributed by atoms with Crippen LogP contribution in [0.2, 0.25) is 0 Å². The van der Waals surface area contributed by atoms with E-state index in [1.54, 1.807) is 23.5 Å². The molecular formula is C23H23FN4O2. The molecule has 1 atom stereocenters. The van der Waals surface area contributed by atoms with Crippen LogP contribution in [0.5, 0.6) is 0 Å². The summed E-state index contributed by atoms with van der Waals surface area (Å²) < 4.78 is 16.4. The largest absolute Gasteiger partial charge is 0.352 e. The van der Waals surface area contributed by atoms with Crippen LogP contribution >= 0.6 is 0 Å². The van der Waals surface area contributed by atoms with Crippen molar-refractivity contribution in [3.63, 3.8) is 0 Å². The van der Waals surface area contributed by atoms with Gasteiger partial charge in [-0.25, -0.2) is 9.07 Å². The molecule has 4 aromatic rings. The number of halogens is 1. The molecule has 1 amide bonds. The second-order valence-corrected chi connectivity index (χ2v) is 7.57. The maximum atomic E-state index is 13.5. The first kappa shape index (κ1) is 19.8. The molecule has 2 aromatic carbocycles. The Kier molecular flexibility index (Phi) is 5.35. The fraction of sp³-hybridized carbons (Fsp3) is 0.261. The molecule has 4 rings (SSSR count). The van der Waals surface area contributed by atoms with E-state index in [1.165, 1.54) is 22.4 Å². The lowest BCUT2D eigenvalue weighted by Crippen LogP contribution is -2.39. The fourth-order valence-corrected chi connectivity index (χ4v) is 3.75. The van der Waals surface area contributed by atoms with Gasteiger partial charge in [0, 0.05) is 11.4 Å². The van der Waals surface area contributed by atoms with Gasteiger partial charge in [0.15, 0.2) is 0 Å². The highest BCUT2D eigenvalue weighted by molar-refractivity contribution is 5.87. The molecule has 0 unspecified atom stereocenters. The molecule has 1 N–H and O–H groups in total. The van der Waals surface area contributed by atoms with Crippen LogP contribution in [0.3, 0.4) is 0 Å². The monoisotopic (exact) mass is 406 g/mol. The molecule has 0 aliphatic rings. The van der Waals surface area contributed by atoms with Crippen LogP contribution in [-0.4, -0.2) is 26.1 Å². The minimum atomic E-state index is -0.385. The zero-order chi connectivity index (χ0) is 21.3. The number of rotatable bonds is 6. The molecule has 7 heteroatoms. The number of carbonyl (C=O) groups is 1. The van der Waals surface area contributed by atoms with E-state index in [2.05, 4.69) is 22.5 Å². The van der Waals surface area contributed by atoms with Crippen molar-refractivity contribution in [1.82, 2.24) is 19.5 Å². The van der Waals surface area contributed by atoms with Gasteiger partial charge in [-0.3, -0.25) is 14.0 Å². The van der Waals surface area contributed by atoms with Crippen molar-refractivity contribution in [2.45, 2.75) is 39.3 Å². The SMILES string of the molecule is Cc1nn(CC(=O)N[C@@H](C)CCc2ccccc2)c(=O)c2cc3cc(F)ccc3n12. The van der Waals surface area contributed by atoms with Gasteiger partial charge in [-0.1, -0.05) is 30.3 Å². The Morgan fingerprint density at radius 3 is 2.67 bits per heavy atom. The van der Waals surface area contributed by atoms with Crippen LogP contribution in [0.15, 0.2) is 59.4 Å². The van der Waals surface area contributed by atoms with Crippen molar-refractivity contribution >= 4 is 22.3 Å². The van der Waals surface area contributed by atoms with Gasteiger partial charge in [0.2, 0.25) is 5.91 Å².